The molecule has 3 rings (SSSR count). The van der Waals surface area contributed by atoms with Crippen molar-refractivity contribution in [2.45, 2.75) is 19.3 Å². The predicted octanol–water partition coefficient (Wildman–Crippen LogP) is 4.71. The average Bonchev–Trinajstić information content (AvgIpc) is 2.59. The van der Waals surface area contributed by atoms with E-state index in [-0.39, 0.29) is 17.7 Å². The lowest BCUT2D eigenvalue weighted by atomic mass is 10.1. The van der Waals surface area contributed by atoms with Crippen LogP contribution in [0.1, 0.15) is 19.3 Å². The fourth-order valence-corrected chi connectivity index (χ4v) is 2.78. The van der Waals surface area contributed by atoms with Crippen LogP contribution in [0.5, 0.6) is 0 Å². The number of hydrogen-bond donors (Lipinski definition) is 0. The van der Waals surface area contributed by atoms with Crippen molar-refractivity contribution in [3.8, 4) is 0 Å². The Kier molecular flexibility index (Phi) is 4.55. The zero-order valence-electron chi connectivity index (χ0n) is 12.7. The minimum Gasteiger partial charge on any atom is -0.324 e. The van der Waals surface area contributed by atoms with E-state index in [4.69, 9.17) is 0 Å². The molecule has 1 saturated heterocycles. The smallest absolute Gasteiger partial charge is 0.324 e. The molecule has 3 nitrogen and oxygen atoms in total. The van der Waals surface area contributed by atoms with Gasteiger partial charge < -0.3 is 4.90 Å². The van der Waals surface area contributed by atoms with Crippen molar-refractivity contribution >= 4 is 17.4 Å². The van der Waals surface area contributed by atoms with Crippen LogP contribution in [0, 0.1) is 11.6 Å². The van der Waals surface area contributed by atoms with Gasteiger partial charge in [0.25, 0.3) is 0 Å². The van der Waals surface area contributed by atoms with E-state index in [0.29, 0.717) is 24.5 Å². The third kappa shape index (κ3) is 3.50. The van der Waals surface area contributed by atoms with E-state index >= 15 is 0 Å². The van der Waals surface area contributed by atoms with Gasteiger partial charge in [0.05, 0.1) is 11.4 Å². The Morgan fingerprint density at radius 1 is 0.783 bits per heavy atom. The van der Waals surface area contributed by atoms with Crippen LogP contribution in [-0.2, 0) is 0 Å². The zero-order valence-corrected chi connectivity index (χ0v) is 12.7. The number of anilines is 2. The Hall–Kier alpha value is -2.43. The molecule has 0 spiro atoms. The molecule has 0 aliphatic carbocycles. The standard InChI is InChI=1S/C18H18F2N2O/c19-14-4-8-16(9-5-14)22(17-10-6-15(20)7-11-17)18(23)21-12-2-1-3-13-21/h4-11H,1-3,12-13H2. The van der Waals surface area contributed by atoms with Crippen LogP contribution in [0.25, 0.3) is 0 Å². The van der Waals surface area contributed by atoms with Crippen LogP contribution in [-0.4, -0.2) is 24.0 Å². The van der Waals surface area contributed by atoms with Crippen molar-refractivity contribution in [1.82, 2.24) is 4.90 Å². The minimum atomic E-state index is -0.363. The summed E-state index contributed by atoms with van der Waals surface area (Å²) in [6.07, 6.45) is 3.08. The topological polar surface area (TPSA) is 23.6 Å². The maximum absolute atomic E-state index is 13.2. The highest BCUT2D eigenvalue weighted by Crippen LogP contribution is 2.28. The fourth-order valence-electron chi connectivity index (χ4n) is 2.78. The summed E-state index contributed by atoms with van der Waals surface area (Å²) in [6.45, 7) is 1.41. The summed E-state index contributed by atoms with van der Waals surface area (Å²) in [4.78, 5) is 16.2. The van der Waals surface area contributed by atoms with Crippen molar-refractivity contribution in [3.05, 3.63) is 60.2 Å². The maximum atomic E-state index is 13.2. The summed E-state index contributed by atoms with van der Waals surface area (Å²) in [7, 11) is 0. The Bertz CT molecular complexity index is 619. The molecule has 120 valence electrons. The molecule has 1 aliphatic rings. The third-order valence-electron chi connectivity index (χ3n) is 3.99. The number of benzene rings is 2. The van der Waals surface area contributed by atoms with E-state index < -0.39 is 0 Å². The number of hydrogen-bond acceptors (Lipinski definition) is 1. The van der Waals surface area contributed by atoms with Gasteiger partial charge in [0.2, 0.25) is 0 Å². The second kappa shape index (κ2) is 6.77. The first-order valence-corrected chi connectivity index (χ1v) is 7.75. The molecule has 1 aliphatic heterocycles. The van der Waals surface area contributed by atoms with E-state index in [1.165, 1.54) is 29.2 Å². The number of urea groups is 1. The van der Waals surface area contributed by atoms with E-state index in [9.17, 15) is 13.6 Å². The van der Waals surface area contributed by atoms with Gasteiger partial charge in [-0.2, -0.15) is 0 Å². The van der Waals surface area contributed by atoms with Gasteiger partial charge in [-0.15, -0.1) is 0 Å². The molecule has 0 N–H and O–H groups in total. The highest BCUT2D eigenvalue weighted by Gasteiger charge is 2.25. The molecular formula is C18H18F2N2O. The minimum absolute atomic E-state index is 0.164. The summed E-state index contributed by atoms with van der Waals surface area (Å²) in [5.74, 6) is -0.726. The quantitative estimate of drug-likeness (QED) is 0.787. The molecule has 0 atom stereocenters. The van der Waals surface area contributed by atoms with Crippen LogP contribution in [0.3, 0.4) is 0 Å². The highest BCUT2D eigenvalue weighted by atomic mass is 19.1. The SMILES string of the molecule is O=C(N1CCCCC1)N(c1ccc(F)cc1)c1ccc(F)cc1. The van der Waals surface area contributed by atoms with E-state index in [1.807, 2.05) is 0 Å². The van der Waals surface area contributed by atoms with E-state index in [2.05, 4.69) is 0 Å². The number of rotatable bonds is 2. The van der Waals surface area contributed by atoms with Crippen molar-refractivity contribution in [2.24, 2.45) is 0 Å². The predicted molar refractivity (Wildman–Crippen MR) is 85.8 cm³/mol. The van der Waals surface area contributed by atoms with Crippen molar-refractivity contribution in [2.75, 3.05) is 18.0 Å². The monoisotopic (exact) mass is 316 g/mol. The van der Waals surface area contributed by atoms with E-state index in [0.717, 1.165) is 19.3 Å². The van der Waals surface area contributed by atoms with Gasteiger partial charge in [0.1, 0.15) is 11.6 Å². The normalized spacial score (nSPS) is 14.6. The Balaban J connectivity index is 1.96. The summed E-state index contributed by atoms with van der Waals surface area (Å²) in [5.41, 5.74) is 1.13. The Morgan fingerprint density at radius 2 is 1.22 bits per heavy atom. The average molecular weight is 316 g/mol. The summed E-state index contributed by atoms with van der Waals surface area (Å²) < 4.78 is 26.4. The largest absolute Gasteiger partial charge is 0.329 e. The first-order chi connectivity index (χ1) is 11.1. The van der Waals surface area contributed by atoms with Gasteiger partial charge in [0, 0.05) is 13.1 Å². The van der Waals surface area contributed by atoms with Crippen molar-refractivity contribution in [3.63, 3.8) is 0 Å². The number of carbonyl (C=O) groups excluding carboxylic acids is 1. The van der Waals surface area contributed by atoms with Crippen LogP contribution >= 0.6 is 0 Å². The Labute approximate surface area is 134 Å². The zero-order chi connectivity index (χ0) is 16.2. The molecule has 0 aromatic heterocycles. The lowest BCUT2D eigenvalue weighted by molar-refractivity contribution is 0.195. The number of piperidine rings is 1. The molecule has 2 aromatic rings. The molecule has 0 radical (unpaired) electrons. The van der Waals surface area contributed by atoms with Crippen molar-refractivity contribution in [1.29, 1.82) is 0 Å². The van der Waals surface area contributed by atoms with Crippen LogP contribution in [0.2, 0.25) is 0 Å². The second-order valence-electron chi connectivity index (χ2n) is 5.62. The summed E-state index contributed by atoms with van der Waals surface area (Å²) in [5, 5.41) is 0. The summed E-state index contributed by atoms with van der Waals surface area (Å²) >= 11 is 0. The molecule has 0 bridgehead atoms. The molecule has 0 unspecified atom stereocenters. The third-order valence-corrected chi connectivity index (χ3v) is 3.99. The molecule has 5 heteroatoms. The number of amides is 2. The van der Waals surface area contributed by atoms with Gasteiger partial charge in [0.15, 0.2) is 0 Å². The lowest BCUT2D eigenvalue weighted by Crippen LogP contribution is -2.43. The second-order valence-corrected chi connectivity index (χ2v) is 5.62. The number of carbonyl (C=O) groups is 1. The van der Waals surface area contributed by atoms with E-state index in [1.54, 1.807) is 29.2 Å². The molecule has 1 heterocycles. The summed E-state index contributed by atoms with van der Waals surface area (Å²) in [6, 6.07) is 11.3. The van der Waals surface area contributed by atoms with Gasteiger partial charge in [-0.25, -0.2) is 13.6 Å². The number of halogens is 2. The van der Waals surface area contributed by atoms with Gasteiger partial charge in [-0.3, -0.25) is 4.90 Å². The Morgan fingerprint density at radius 3 is 1.65 bits per heavy atom. The van der Waals surface area contributed by atoms with Gasteiger partial charge in [-0.1, -0.05) is 0 Å². The van der Waals surface area contributed by atoms with Gasteiger partial charge >= 0.3 is 6.03 Å². The molecule has 23 heavy (non-hydrogen) atoms. The van der Waals surface area contributed by atoms with Crippen LogP contribution < -0.4 is 4.90 Å². The molecule has 1 fully saturated rings. The molecular weight excluding hydrogens is 298 g/mol. The van der Waals surface area contributed by atoms with Crippen LogP contribution in [0.4, 0.5) is 25.0 Å². The first kappa shape index (κ1) is 15.5. The number of nitrogens with zero attached hydrogens (tertiary/aromatic N) is 2. The number of likely N-dealkylation sites (tertiary alicyclic amines) is 1. The maximum Gasteiger partial charge on any atom is 0.329 e. The highest BCUT2D eigenvalue weighted by molar-refractivity contribution is 5.99. The first-order valence-electron chi connectivity index (χ1n) is 7.75. The molecule has 2 aromatic carbocycles. The van der Waals surface area contributed by atoms with Crippen LogP contribution in [0.15, 0.2) is 48.5 Å². The lowest BCUT2D eigenvalue weighted by Gasteiger charge is -2.33. The molecule has 2 amide bonds. The molecule has 0 saturated carbocycles. The van der Waals surface area contributed by atoms with Crippen molar-refractivity contribution < 1.29 is 13.6 Å². The fraction of sp³-hybridized carbons (Fsp3) is 0.278. The van der Waals surface area contributed by atoms with Gasteiger partial charge in [-0.05, 0) is 67.8 Å².